The number of benzene rings is 2. The molecule has 5 heteroatoms. The number of H-pyrrole nitrogens is 1. The molecule has 4 nitrogen and oxygen atoms in total. The maximum Gasteiger partial charge on any atom is 0.333 e. The molecule has 0 saturated carbocycles. The van der Waals surface area contributed by atoms with Gasteiger partial charge >= 0.3 is 7.60 Å². The van der Waals surface area contributed by atoms with Crippen LogP contribution in [0.1, 0.15) is 17.2 Å². The van der Waals surface area contributed by atoms with Crippen LogP contribution in [0.2, 0.25) is 0 Å². The van der Waals surface area contributed by atoms with E-state index in [0.29, 0.717) is 0 Å². The second-order valence-corrected chi connectivity index (χ2v) is 6.97. The molecule has 0 aliphatic rings. The Labute approximate surface area is 129 Å². The molecule has 0 aliphatic heterocycles. The Morgan fingerprint density at radius 2 is 1.82 bits per heavy atom. The average molecular weight is 314 g/mol. The zero-order valence-corrected chi connectivity index (χ0v) is 12.9. The summed E-state index contributed by atoms with van der Waals surface area (Å²) in [6.07, 6.45) is 1.03. The van der Waals surface area contributed by atoms with Gasteiger partial charge in [-0.3, -0.25) is 4.57 Å². The number of rotatable bonds is 5. The van der Waals surface area contributed by atoms with Crippen LogP contribution >= 0.6 is 7.60 Å². The fourth-order valence-electron chi connectivity index (χ4n) is 2.47. The molecule has 0 saturated heterocycles. The Hall–Kier alpha value is -1.87. The molecule has 0 spiro atoms. The molecule has 3 aromatic rings. The van der Waals surface area contributed by atoms with Gasteiger partial charge in [-0.15, -0.1) is 0 Å². The van der Waals surface area contributed by atoms with Crippen LogP contribution in [0.4, 0.5) is 0 Å². The summed E-state index contributed by atoms with van der Waals surface area (Å²) in [6.45, 7) is 3.88. The van der Waals surface area contributed by atoms with Crippen LogP contribution in [0, 0.1) is 6.92 Å². The number of fused-ring (bicyclic) bond motifs is 1. The van der Waals surface area contributed by atoms with Crippen LogP contribution in [-0.2, 0) is 15.3 Å². The van der Waals surface area contributed by atoms with Crippen LogP contribution in [0.5, 0.6) is 0 Å². The van der Waals surface area contributed by atoms with Gasteiger partial charge < -0.3 is 14.4 Å². The summed E-state index contributed by atoms with van der Waals surface area (Å²) in [6, 6.07) is 16.8. The van der Waals surface area contributed by atoms with Gasteiger partial charge in [0.25, 0.3) is 0 Å². The first kappa shape index (κ1) is 15.0. The molecular weight excluding hydrogens is 297 g/mol. The lowest BCUT2D eigenvalue weighted by Crippen LogP contribution is -2.00. The van der Waals surface area contributed by atoms with Gasteiger partial charge in [-0.2, -0.15) is 0 Å². The van der Waals surface area contributed by atoms with Crippen molar-refractivity contribution in [2.45, 2.75) is 12.3 Å². The first-order valence-electron chi connectivity index (χ1n) is 6.98. The summed E-state index contributed by atoms with van der Waals surface area (Å²) in [5, 5.41) is 0.946. The van der Waals surface area contributed by atoms with E-state index in [-0.39, 0.29) is 6.16 Å². The highest BCUT2D eigenvalue weighted by Gasteiger charge is 2.25. The molecular formula is C17H17NO3P. The number of para-hydroxylation sites is 1. The summed E-state index contributed by atoms with van der Waals surface area (Å²) in [7, 11) is -3.77. The Bertz CT molecular complexity index is 813. The van der Waals surface area contributed by atoms with Crippen LogP contribution < -0.4 is 0 Å². The smallest absolute Gasteiger partial charge is 0.333 e. The second-order valence-electron chi connectivity index (χ2n) is 5.16. The molecule has 2 N–H and O–H groups in total. The van der Waals surface area contributed by atoms with Crippen LogP contribution in [0.15, 0.2) is 60.8 Å². The maximum atomic E-state index is 12.3. The third-order valence-corrected chi connectivity index (χ3v) is 4.83. The molecule has 2 unspecified atom stereocenters. The van der Waals surface area contributed by atoms with E-state index in [1.165, 1.54) is 0 Å². The molecule has 1 heterocycles. The van der Waals surface area contributed by atoms with E-state index < -0.39 is 13.7 Å². The Balaban J connectivity index is 1.78. The highest BCUT2D eigenvalue weighted by Crippen LogP contribution is 2.50. The SMILES string of the molecule is [CH2]C(OP(=O)(O)Cc1ccccc1)c1c[nH]c2ccccc12. The maximum absolute atomic E-state index is 12.3. The highest BCUT2D eigenvalue weighted by molar-refractivity contribution is 7.51. The summed E-state index contributed by atoms with van der Waals surface area (Å²) >= 11 is 0. The van der Waals surface area contributed by atoms with Crippen LogP contribution in [0.25, 0.3) is 10.9 Å². The van der Waals surface area contributed by atoms with Gasteiger partial charge in [-0.25, -0.2) is 0 Å². The van der Waals surface area contributed by atoms with Gasteiger partial charge in [0.05, 0.1) is 12.3 Å². The van der Waals surface area contributed by atoms with Gasteiger partial charge in [0.15, 0.2) is 0 Å². The predicted octanol–water partition coefficient (Wildman–Crippen LogP) is 4.45. The standard InChI is InChI=1S/C17H17NO3P/c1-13(16-11-18-17-10-6-5-9-15(16)17)21-22(19,20)12-14-7-3-2-4-8-14/h2-11,13,18H,1,12H2,(H,19,20). The van der Waals surface area contributed by atoms with Crippen LogP contribution in [-0.4, -0.2) is 9.88 Å². The number of aromatic amines is 1. The minimum atomic E-state index is -3.77. The monoisotopic (exact) mass is 314 g/mol. The predicted molar refractivity (Wildman–Crippen MR) is 87.5 cm³/mol. The van der Waals surface area contributed by atoms with Crippen molar-refractivity contribution in [3.05, 3.63) is 78.8 Å². The Morgan fingerprint density at radius 1 is 1.14 bits per heavy atom. The lowest BCUT2D eigenvalue weighted by atomic mass is 10.1. The van der Waals surface area contributed by atoms with Crippen molar-refractivity contribution in [1.29, 1.82) is 0 Å². The molecule has 113 valence electrons. The van der Waals surface area contributed by atoms with Gasteiger partial charge in [0.2, 0.25) is 0 Å². The summed E-state index contributed by atoms with van der Waals surface area (Å²) in [5.74, 6) is 0. The molecule has 2 aromatic carbocycles. The van der Waals surface area contributed by atoms with Crippen molar-refractivity contribution < 1.29 is 14.0 Å². The molecule has 1 radical (unpaired) electrons. The summed E-state index contributed by atoms with van der Waals surface area (Å²) in [4.78, 5) is 13.2. The molecule has 22 heavy (non-hydrogen) atoms. The Kier molecular flexibility index (Phi) is 4.16. The van der Waals surface area contributed by atoms with E-state index in [4.69, 9.17) is 4.52 Å². The van der Waals surface area contributed by atoms with Crippen molar-refractivity contribution in [3.63, 3.8) is 0 Å². The topological polar surface area (TPSA) is 62.3 Å². The van der Waals surface area contributed by atoms with E-state index in [1.54, 1.807) is 18.3 Å². The van der Waals surface area contributed by atoms with E-state index in [9.17, 15) is 9.46 Å². The average Bonchev–Trinajstić information content (AvgIpc) is 2.91. The minimum absolute atomic E-state index is 0.0256. The van der Waals surface area contributed by atoms with Gasteiger partial charge in [0, 0.05) is 22.7 Å². The first-order chi connectivity index (χ1) is 10.6. The fourth-order valence-corrected chi connectivity index (χ4v) is 3.73. The third-order valence-electron chi connectivity index (χ3n) is 3.49. The lowest BCUT2D eigenvalue weighted by molar-refractivity contribution is 0.212. The van der Waals surface area contributed by atoms with Crippen LogP contribution in [0.3, 0.4) is 0 Å². The molecule has 0 aliphatic carbocycles. The number of hydrogen-bond donors (Lipinski definition) is 2. The largest absolute Gasteiger partial charge is 0.361 e. The first-order valence-corrected chi connectivity index (χ1v) is 8.75. The zero-order chi connectivity index (χ0) is 15.6. The molecule has 0 bridgehead atoms. The van der Waals surface area contributed by atoms with Crippen molar-refractivity contribution in [2.75, 3.05) is 0 Å². The fraction of sp³-hybridized carbons (Fsp3) is 0.118. The molecule has 3 rings (SSSR count). The van der Waals surface area contributed by atoms with Crippen molar-refractivity contribution in [3.8, 4) is 0 Å². The summed E-state index contributed by atoms with van der Waals surface area (Å²) < 4.78 is 17.7. The van der Waals surface area contributed by atoms with Gasteiger partial charge in [0.1, 0.15) is 0 Å². The van der Waals surface area contributed by atoms with Gasteiger partial charge in [-0.1, -0.05) is 48.5 Å². The van der Waals surface area contributed by atoms with E-state index >= 15 is 0 Å². The molecule has 2 atom stereocenters. The number of aromatic nitrogens is 1. The molecule has 0 fully saturated rings. The van der Waals surface area contributed by atoms with Gasteiger partial charge in [-0.05, 0) is 18.6 Å². The van der Waals surface area contributed by atoms with Crippen molar-refractivity contribution in [2.24, 2.45) is 0 Å². The third kappa shape index (κ3) is 3.30. The quantitative estimate of drug-likeness (QED) is 0.684. The summed E-state index contributed by atoms with van der Waals surface area (Å²) in [5.41, 5.74) is 2.49. The zero-order valence-electron chi connectivity index (χ0n) is 12.0. The highest BCUT2D eigenvalue weighted by atomic mass is 31.2. The van der Waals surface area contributed by atoms with E-state index in [1.807, 2.05) is 42.5 Å². The molecule has 1 aromatic heterocycles. The van der Waals surface area contributed by atoms with Crippen molar-refractivity contribution in [1.82, 2.24) is 4.98 Å². The minimum Gasteiger partial charge on any atom is -0.361 e. The second kappa shape index (κ2) is 6.09. The van der Waals surface area contributed by atoms with E-state index in [0.717, 1.165) is 22.0 Å². The Morgan fingerprint density at radius 3 is 2.59 bits per heavy atom. The molecule has 0 amide bonds. The lowest BCUT2D eigenvalue weighted by Gasteiger charge is -2.17. The van der Waals surface area contributed by atoms with E-state index in [2.05, 4.69) is 11.9 Å². The normalized spacial score (nSPS) is 15.5. The number of nitrogens with one attached hydrogen (secondary N) is 1. The van der Waals surface area contributed by atoms with Crippen molar-refractivity contribution >= 4 is 18.5 Å². The number of hydrogen-bond acceptors (Lipinski definition) is 2.